The minimum Gasteiger partial charge on any atom is -0.453 e. The fourth-order valence-electron chi connectivity index (χ4n) is 6.51. The van der Waals surface area contributed by atoms with E-state index in [1.165, 1.54) is 13.8 Å². The highest BCUT2D eigenvalue weighted by molar-refractivity contribution is 5.82. The van der Waals surface area contributed by atoms with Gasteiger partial charge in [-0.2, -0.15) is 0 Å². The minimum atomic E-state index is -0.885. The summed E-state index contributed by atoms with van der Waals surface area (Å²) in [4.78, 5) is 26.0. The standard InChI is InChI=1S/C42H56N2O11/c1-31(53-32(2)46)41(47)43-28-33-8-14-37(15-9-33)42-54-38(29-44-16-18-48-20-22-50-24-26-52-27-25-51-23-21-49-19-17-44)39(35-6-4-3-5-7-35)40(55-42)36-12-10-34(30-45)11-13-36/h3-15,31,38-40,42,45H,16-30H2,1-2H3,(H,43,47). The predicted molar refractivity (Wildman–Crippen MR) is 203 cm³/mol. The smallest absolute Gasteiger partial charge is 0.303 e. The van der Waals surface area contributed by atoms with Crippen LogP contribution in [0, 0.1) is 0 Å². The second kappa shape index (κ2) is 23.3. The summed E-state index contributed by atoms with van der Waals surface area (Å²) < 4.78 is 47.7. The van der Waals surface area contributed by atoms with E-state index in [4.69, 9.17) is 37.9 Å². The fraction of sp³-hybridized carbons (Fsp3) is 0.524. The molecule has 0 bridgehead atoms. The van der Waals surface area contributed by atoms with E-state index >= 15 is 0 Å². The second-order valence-corrected chi connectivity index (χ2v) is 13.5. The summed E-state index contributed by atoms with van der Waals surface area (Å²) in [6.07, 6.45) is -2.28. The molecule has 0 saturated carbocycles. The van der Waals surface area contributed by atoms with Gasteiger partial charge >= 0.3 is 5.97 Å². The van der Waals surface area contributed by atoms with Gasteiger partial charge in [0.05, 0.1) is 84.9 Å². The number of benzene rings is 3. The van der Waals surface area contributed by atoms with Gasteiger partial charge in [0.15, 0.2) is 12.4 Å². The number of esters is 1. The first-order valence-electron chi connectivity index (χ1n) is 19.1. The lowest BCUT2D eigenvalue weighted by molar-refractivity contribution is -0.263. The molecular weight excluding hydrogens is 708 g/mol. The number of aliphatic hydroxyl groups excluding tert-OH is 1. The number of hydrogen-bond acceptors (Lipinski definition) is 12. The van der Waals surface area contributed by atoms with E-state index in [-0.39, 0.29) is 37.2 Å². The molecule has 3 aromatic rings. The van der Waals surface area contributed by atoms with Gasteiger partial charge in [0, 0.05) is 44.6 Å². The number of nitrogens with zero attached hydrogens (tertiary/aromatic N) is 1. The van der Waals surface area contributed by atoms with Crippen molar-refractivity contribution in [2.24, 2.45) is 0 Å². The molecule has 5 rings (SSSR count). The highest BCUT2D eigenvalue weighted by Crippen LogP contribution is 2.47. The number of aliphatic hydroxyl groups is 1. The Morgan fingerprint density at radius 2 is 1.24 bits per heavy atom. The van der Waals surface area contributed by atoms with Gasteiger partial charge in [-0.25, -0.2) is 0 Å². The molecule has 2 aliphatic rings. The van der Waals surface area contributed by atoms with Gasteiger partial charge in [-0.3, -0.25) is 14.5 Å². The molecule has 2 heterocycles. The van der Waals surface area contributed by atoms with E-state index in [1.54, 1.807) is 0 Å². The van der Waals surface area contributed by atoms with Crippen molar-refractivity contribution < 1.29 is 52.6 Å². The number of rotatable bonds is 10. The van der Waals surface area contributed by atoms with Crippen LogP contribution in [0.2, 0.25) is 0 Å². The quantitative estimate of drug-likeness (QED) is 0.287. The predicted octanol–water partition coefficient (Wildman–Crippen LogP) is 4.08. The molecule has 3 aromatic carbocycles. The summed E-state index contributed by atoms with van der Waals surface area (Å²) in [5.74, 6) is -1.06. The first kappa shape index (κ1) is 42.4. The number of carbonyl (C=O) groups excluding carboxylic acids is 2. The van der Waals surface area contributed by atoms with Crippen molar-refractivity contribution in [3.05, 3.63) is 107 Å². The molecule has 5 unspecified atom stereocenters. The molecule has 55 heavy (non-hydrogen) atoms. The lowest BCUT2D eigenvalue weighted by Crippen LogP contribution is -2.46. The minimum absolute atomic E-state index is 0.0521. The van der Waals surface area contributed by atoms with E-state index < -0.39 is 18.4 Å². The molecular formula is C42H56N2O11. The second-order valence-electron chi connectivity index (χ2n) is 13.5. The number of hydrogen-bond donors (Lipinski definition) is 2. The van der Waals surface area contributed by atoms with E-state index in [0.717, 1.165) is 27.8 Å². The largest absolute Gasteiger partial charge is 0.453 e. The third kappa shape index (κ3) is 14.0. The molecule has 300 valence electrons. The molecule has 2 fully saturated rings. The third-order valence-corrected chi connectivity index (χ3v) is 9.43. The average molecular weight is 765 g/mol. The summed E-state index contributed by atoms with van der Waals surface area (Å²) in [6, 6.07) is 25.9. The maximum Gasteiger partial charge on any atom is 0.303 e. The molecule has 0 spiro atoms. The topological polar surface area (TPSA) is 143 Å². The maximum absolute atomic E-state index is 12.4. The van der Waals surface area contributed by atoms with Crippen molar-refractivity contribution >= 4 is 11.9 Å². The molecule has 0 aliphatic carbocycles. The molecule has 5 atom stereocenters. The lowest BCUT2D eigenvalue weighted by Gasteiger charge is -2.44. The Bertz CT molecular complexity index is 1530. The zero-order valence-corrected chi connectivity index (χ0v) is 32.0. The summed E-state index contributed by atoms with van der Waals surface area (Å²) in [7, 11) is 0. The normalized spacial score (nSPS) is 23.5. The molecule has 13 heteroatoms. The van der Waals surface area contributed by atoms with Crippen LogP contribution in [0.1, 0.15) is 60.0 Å². The van der Waals surface area contributed by atoms with E-state index in [1.807, 2.05) is 66.7 Å². The Balaban J connectivity index is 1.37. The van der Waals surface area contributed by atoms with Crippen molar-refractivity contribution in [3.63, 3.8) is 0 Å². The van der Waals surface area contributed by atoms with Gasteiger partial charge in [0.2, 0.25) is 0 Å². The maximum atomic E-state index is 12.4. The Labute approximate surface area is 324 Å². The number of ether oxygens (including phenoxy) is 8. The number of carbonyl (C=O) groups is 2. The van der Waals surface area contributed by atoms with Crippen LogP contribution < -0.4 is 5.32 Å². The van der Waals surface area contributed by atoms with Crippen molar-refractivity contribution in [2.75, 3.05) is 85.7 Å². The zero-order chi connectivity index (χ0) is 38.7. The highest BCUT2D eigenvalue weighted by Gasteiger charge is 2.42. The van der Waals surface area contributed by atoms with Gasteiger partial charge in [-0.1, -0.05) is 78.9 Å². The van der Waals surface area contributed by atoms with Crippen molar-refractivity contribution in [2.45, 2.75) is 57.5 Å². The van der Waals surface area contributed by atoms with Gasteiger partial charge < -0.3 is 48.3 Å². The van der Waals surface area contributed by atoms with E-state index in [2.05, 4.69) is 22.3 Å². The molecule has 2 saturated heterocycles. The lowest BCUT2D eigenvalue weighted by atomic mass is 9.83. The Hall–Kier alpha value is -3.76. The van der Waals surface area contributed by atoms with Gasteiger partial charge in [0.25, 0.3) is 5.91 Å². The molecule has 2 N–H and O–H groups in total. The van der Waals surface area contributed by atoms with E-state index in [0.29, 0.717) is 85.7 Å². The monoisotopic (exact) mass is 764 g/mol. The van der Waals surface area contributed by atoms with Crippen LogP contribution in [0.4, 0.5) is 0 Å². The summed E-state index contributed by atoms with van der Waals surface area (Å²) in [5, 5.41) is 12.6. The molecule has 13 nitrogen and oxygen atoms in total. The molecule has 0 aromatic heterocycles. The van der Waals surface area contributed by atoms with Crippen molar-refractivity contribution in [1.82, 2.24) is 10.2 Å². The van der Waals surface area contributed by atoms with E-state index in [9.17, 15) is 14.7 Å². The summed E-state index contributed by atoms with van der Waals surface area (Å²) >= 11 is 0. The Kier molecular flexibility index (Phi) is 18.0. The first-order valence-corrected chi connectivity index (χ1v) is 19.1. The number of nitrogens with one attached hydrogen (secondary N) is 1. The van der Waals surface area contributed by atoms with Crippen LogP contribution >= 0.6 is 0 Å². The van der Waals surface area contributed by atoms with Crippen molar-refractivity contribution in [1.29, 1.82) is 0 Å². The van der Waals surface area contributed by atoms with Gasteiger partial charge in [-0.05, 0) is 29.2 Å². The average Bonchev–Trinajstić information content (AvgIpc) is 3.20. The SMILES string of the molecule is CC(=O)OC(C)C(=O)NCc1ccc(C2OC(CN3CCOCCOCCOCCOCCOCC3)C(c3ccccc3)C(c3ccc(CO)cc3)O2)cc1. The molecule has 1 amide bonds. The summed E-state index contributed by atoms with van der Waals surface area (Å²) in [6.45, 7) is 9.88. The van der Waals surface area contributed by atoms with Crippen LogP contribution in [0.25, 0.3) is 0 Å². The van der Waals surface area contributed by atoms with Crippen molar-refractivity contribution in [3.8, 4) is 0 Å². The highest BCUT2D eigenvalue weighted by atomic mass is 16.7. The summed E-state index contributed by atoms with van der Waals surface area (Å²) in [5.41, 5.74) is 4.57. The zero-order valence-electron chi connectivity index (χ0n) is 32.0. The molecule has 0 radical (unpaired) electrons. The van der Waals surface area contributed by atoms with Gasteiger partial charge in [0.1, 0.15) is 0 Å². The van der Waals surface area contributed by atoms with Crippen LogP contribution in [0.5, 0.6) is 0 Å². The fourth-order valence-corrected chi connectivity index (χ4v) is 6.51. The Morgan fingerprint density at radius 1 is 0.709 bits per heavy atom. The number of amides is 1. The van der Waals surface area contributed by atoms with Crippen LogP contribution in [0.3, 0.4) is 0 Å². The van der Waals surface area contributed by atoms with Crippen LogP contribution in [-0.2, 0) is 60.6 Å². The molecule has 2 aliphatic heterocycles. The first-order chi connectivity index (χ1) is 26.9. The van der Waals surface area contributed by atoms with Gasteiger partial charge in [-0.15, -0.1) is 0 Å². The van der Waals surface area contributed by atoms with Crippen LogP contribution in [0.15, 0.2) is 78.9 Å². The van der Waals surface area contributed by atoms with Crippen LogP contribution in [-0.4, -0.2) is 120 Å². The third-order valence-electron chi connectivity index (χ3n) is 9.43. The Morgan fingerprint density at radius 3 is 1.78 bits per heavy atom.